The Balaban J connectivity index is 1.82. The number of hydrogen-bond acceptors (Lipinski definition) is 6. The molecule has 7 nitrogen and oxygen atoms in total. The SMILES string of the molecule is C=CCn1c(SCc2ncnn2CCC)nnc1-c1cccnc1. The molecule has 0 saturated heterocycles. The smallest absolute Gasteiger partial charge is 0.192 e. The molecule has 0 unspecified atom stereocenters. The van der Waals surface area contributed by atoms with E-state index in [2.05, 4.69) is 38.8 Å². The molecule has 0 fully saturated rings. The number of pyridine rings is 1. The molecule has 0 N–H and O–H groups in total. The molecule has 0 atom stereocenters. The van der Waals surface area contributed by atoms with Gasteiger partial charge in [0, 0.05) is 31.0 Å². The Kier molecular flexibility index (Phi) is 5.37. The van der Waals surface area contributed by atoms with Crippen LogP contribution in [0.25, 0.3) is 11.4 Å². The second-order valence-corrected chi connectivity index (χ2v) is 6.08. The Hall–Kier alpha value is -2.48. The summed E-state index contributed by atoms with van der Waals surface area (Å²) in [4.78, 5) is 8.49. The standard InChI is InChI=1S/C16H19N7S/c1-3-8-22-15(13-6-5-7-17-10-13)20-21-16(22)24-11-14-18-12-19-23(14)9-4-2/h3,5-7,10,12H,1,4,8-9,11H2,2H3. The molecule has 8 heteroatoms. The van der Waals surface area contributed by atoms with Crippen molar-refractivity contribution in [2.75, 3.05) is 0 Å². The average molecular weight is 341 g/mol. The van der Waals surface area contributed by atoms with Crippen LogP contribution in [0.4, 0.5) is 0 Å². The summed E-state index contributed by atoms with van der Waals surface area (Å²) in [5, 5.41) is 13.7. The van der Waals surface area contributed by atoms with Crippen molar-refractivity contribution in [2.45, 2.75) is 37.3 Å². The molecule has 0 aliphatic carbocycles. The van der Waals surface area contributed by atoms with Crippen LogP contribution in [0.5, 0.6) is 0 Å². The third-order valence-corrected chi connectivity index (χ3v) is 4.37. The first kappa shape index (κ1) is 16.4. The molecule has 3 aromatic heterocycles. The van der Waals surface area contributed by atoms with Crippen LogP contribution in [-0.2, 0) is 18.8 Å². The van der Waals surface area contributed by atoms with Gasteiger partial charge in [0.25, 0.3) is 0 Å². The Labute approximate surface area is 144 Å². The molecule has 0 amide bonds. The number of rotatable bonds is 8. The van der Waals surface area contributed by atoms with Gasteiger partial charge in [-0.1, -0.05) is 24.8 Å². The molecule has 0 aromatic carbocycles. The lowest BCUT2D eigenvalue weighted by Gasteiger charge is -2.08. The number of aryl methyl sites for hydroxylation is 1. The lowest BCUT2D eigenvalue weighted by molar-refractivity contribution is 0.581. The highest BCUT2D eigenvalue weighted by molar-refractivity contribution is 7.98. The Bertz CT molecular complexity index is 794. The predicted molar refractivity (Wildman–Crippen MR) is 93.3 cm³/mol. The number of allylic oxidation sites excluding steroid dienone is 1. The molecule has 0 aliphatic rings. The minimum atomic E-state index is 0.640. The van der Waals surface area contributed by atoms with Crippen LogP contribution in [0.3, 0.4) is 0 Å². The fourth-order valence-corrected chi connectivity index (χ4v) is 3.22. The predicted octanol–water partition coefficient (Wildman–Crippen LogP) is 2.82. The molecule has 0 saturated carbocycles. The average Bonchev–Trinajstić information content (AvgIpc) is 3.21. The van der Waals surface area contributed by atoms with Gasteiger partial charge in [-0.05, 0) is 18.6 Å². The van der Waals surface area contributed by atoms with Gasteiger partial charge < -0.3 is 0 Å². The summed E-state index contributed by atoms with van der Waals surface area (Å²) in [5.41, 5.74) is 0.938. The van der Waals surface area contributed by atoms with Gasteiger partial charge in [-0.2, -0.15) is 5.10 Å². The molecule has 124 valence electrons. The van der Waals surface area contributed by atoms with Crippen LogP contribution in [0.2, 0.25) is 0 Å². The summed E-state index contributed by atoms with van der Waals surface area (Å²) < 4.78 is 3.97. The van der Waals surface area contributed by atoms with Crippen molar-refractivity contribution in [1.29, 1.82) is 0 Å². The van der Waals surface area contributed by atoms with E-state index < -0.39 is 0 Å². The Morgan fingerprint density at radius 1 is 1.33 bits per heavy atom. The van der Waals surface area contributed by atoms with Crippen molar-refractivity contribution in [2.24, 2.45) is 0 Å². The number of aromatic nitrogens is 7. The first-order chi connectivity index (χ1) is 11.8. The van der Waals surface area contributed by atoms with E-state index in [9.17, 15) is 0 Å². The Morgan fingerprint density at radius 2 is 2.25 bits per heavy atom. The zero-order valence-corrected chi connectivity index (χ0v) is 14.4. The number of thioether (sulfide) groups is 1. The summed E-state index contributed by atoms with van der Waals surface area (Å²) in [7, 11) is 0. The van der Waals surface area contributed by atoms with E-state index in [0.717, 1.165) is 35.3 Å². The zero-order valence-electron chi connectivity index (χ0n) is 13.5. The van der Waals surface area contributed by atoms with Crippen LogP contribution >= 0.6 is 11.8 Å². The van der Waals surface area contributed by atoms with Crippen LogP contribution < -0.4 is 0 Å². The molecule has 3 heterocycles. The van der Waals surface area contributed by atoms with E-state index in [0.29, 0.717) is 12.3 Å². The van der Waals surface area contributed by atoms with Crippen LogP contribution in [0.15, 0.2) is 48.7 Å². The van der Waals surface area contributed by atoms with E-state index in [-0.39, 0.29) is 0 Å². The molecule has 3 rings (SSSR count). The highest BCUT2D eigenvalue weighted by atomic mass is 32.2. The third-order valence-electron chi connectivity index (χ3n) is 3.41. The summed E-state index contributed by atoms with van der Waals surface area (Å²) in [6.07, 6.45) is 8.00. The van der Waals surface area contributed by atoms with Crippen molar-refractivity contribution in [1.82, 2.24) is 34.5 Å². The number of hydrogen-bond donors (Lipinski definition) is 0. The van der Waals surface area contributed by atoms with E-state index in [1.54, 1.807) is 30.5 Å². The fraction of sp³-hybridized carbons (Fsp3) is 0.312. The second kappa shape index (κ2) is 7.87. The van der Waals surface area contributed by atoms with E-state index in [1.165, 1.54) is 0 Å². The van der Waals surface area contributed by atoms with Gasteiger partial charge in [-0.3, -0.25) is 9.55 Å². The molecule has 0 spiro atoms. The minimum absolute atomic E-state index is 0.640. The normalized spacial score (nSPS) is 10.9. The lowest BCUT2D eigenvalue weighted by atomic mass is 10.3. The van der Waals surface area contributed by atoms with Gasteiger partial charge in [-0.15, -0.1) is 16.8 Å². The van der Waals surface area contributed by atoms with E-state index >= 15 is 0 Å². The first-order valence-corrected chi connectivity index (χ1v) is 8.76. The molecular formula is C16H19N7S. The molecule has 0 aliphatic heterocycles. The topological polar surface area (TPSA) is 74.3 Å². The third kappa shape index (κ3) is 3.53. The highest BCUT2D eigenvalue weighted by Crippen LogP contribution is 2.25. The zero-order chi connectivity index (χ0) is 16.8. The largest absolute Gasteiger partial charge is 0.298 e. The Morgan fingerprint density at radius 3 is 3.00 bits per heavy atom. The van der Waals surface area contributed by atoms with Crippen molar-refractivity contribution < 1.29 is 0 Å². The fourth-order valence-electron chi connectivity index (χ4n) is 2.33. The summed E-state index contributed by atoms with van der Waals surface area (Å²) in [6.45, 7) is 7.47. The second-order valence-electron chi connectivity index (χ2n) is 5.14. The van der Waals surface area contributed by atoms with E-state index in [4.69, 9.17) is 0 Å². The van der Waals surface area contributed by atoms with Gasteiger partial charge >= 0.3 is 0 Å². The molecule has 0 bridgehead atoms. The van der Waals surface area contributed by atoms with Crippen molar-refractivity contribution in [3.63, 3.8) is 0 Å². The van der Waals surface area contributed by atoms with Crippen LogP contribution in [0.1, 0.15) is 19.2 Å². The molecule has 3 aromatic rings. The quantitative estimate of drug-likeness (QED) is 0.463. The van der Waals surface area contributed by atoms with E-state index in [1.807, 2.05) is 27.5 Å². The van der Waals surface area contributed by atoms with Gasteiger partial charge in [0.15, 0.2) is 11.0 Å². The van der Waals surface area contributed by atoms with Crippen LogP contribution in [-0.4, -0.2) is 34.5 Å². The molecule has 24 heavy (non-hydrogen) atoms. The first-order valence-electron chi connectivity index (χ1n) is 7.77. The summed E-state index contributed by atoms with van der Waals surface area (Å²) >= 11 is 1.60. The maximum atomic E-state index is 4.33. The highest BCUT2D eigenvalue weighted by Gasteiger charge is 2.15. The van der Waals surface area contributed by atoms with Crippen molar-refractivity contribution in [3.8, 4) is 11.4 Å². The number of nitrogens with zero attached hydrogens (tertiary/aromatic N) is 7. The molecule has 0 radical (unpaired) electrons. The van der Waals surface area contributed by atoms with Crippen molar-refractivity contribution in [3.05, 3.63) is 49.3 Å². The maximum absolute atomic E-state index is 4.33. The van der Waals surface area contributed by atoms with Gasteiger partial charge in [-0.25, -0.2) is 9.67 Å². The summed E-state index contributed by atoms with van der Waals surface area (Å²) in [5.74, 6) is 2.43. The van der Waals surface area contributed by atoms with Gasteiger partial charge in [0.05, 0.1) is 5.75 Å². The minimum Gasteiger partial charge on any atom is -0.298 e. The van der Waals surface area contributed by atoms with Crippen LogP contribution in [0, 0.1) is 0 Å². The van der Waals surface area contributed by atoms with Crippen molar-refractivity contribution >= 4 is 11.8 Å². The monoisotopic (exact) mass is 341 g/mol. The lowest BCUT2D eigenvalue weighted by Crippen LogP contribution is -2.05. The maximum Gasteiger partial charge on any atom is 0.192 e. The van der Waals surface area contributed by atoms with Gasteiger partial charge in [0.1, 0.15) is 12.2 Å². The van der Waals surface area contributed by atoms with Gasteiger partial charge in [0.2, 0.25) is 0 Å². The molecular weight excluding hydrogens is 322 g/mol. The summed E-state index contributed by atoms with van der Waals surface area (Å²) in [6, 6.07) is 3.87.